The Kier molecular flexibility index (Phi) is 4.53. The van der Waals surface area contributed by atoms with Gasteiger partial charge in [-0.3, -0.25) is 10.1 Å². The highest BCUT2D eigenvalue weighted by Crippen LogP contribution is 2.30. The number of benzene rings is 1. The maximum absolute atomic E-state index is 12.6. The van der Waals surface area contributed by atoms with Gasteiger partial charge in [0.05, 0.1) is 5.56 Å². The Morgan fingerprint density at radius 2 is 2.00 bits per heavy atom. The molecule has 116 valence electrons. The number of carboxylic acids is 1. The van der Waals surface area contributed by atoms with E-state index >= 15 is 0 Å². The SMILES string of the molecule is O=C(O)C1(NCc2cccc(C(F)(F)F)c2)CCOCC1. The summed E-state index contributed by atoms with van der Waals surface area (Å²) in [5.74, 6) is -1.00. The maximum Gasteiger partial charge on any atom is 0.416 e. The van der Waals surface area contributed by atoms with Gasteiger partial charge in [-0.1, -0.05) is 18.2 Å². The van der Waals surface area contributed by atoms with E-state index in [9.17, 15) is 23.1 Å². The quantitative estimate of drug-likeness (QED) is 0.897. The lowest BCUT2D eigenvalue weighted by molar-refractivity contribution is -0.149. The molecule has 1 saturated heterocycles. The molecule has 0 saturated carbocycles. The van der Waals surface area contributed by atoms with Crippen LogP contribution in [0.1, 0.15) is 24.0 Å². The number of ether oxygens (including phenoxy) is 1. The molecule has 21 heavy (non-hydrogen) atoms. The first-order valence-electron chi connectivity index (χ1n) is 6.56. The molecule has 1 aliphatic rings. The highest BCUT2D eigenvalue weighted by Gasteiger charge is 2.39. The van der Waals surface area contributed by atoms with Crippen molar-refractivity contribution in [2.24, 2.45) is 0 Å². The van der Waals surface area contributed by atoms with Crippen molar-refractivity contribution in [3.05, 3.63) is 35.4 Å². The van der Waals surface area contributed by atoms with Crippen LogP contribution in [0, 0.1) is 0 Å². The van der Waals surface area contributed by atoms with Crippen LogP contribution in [0.5, 0.6) is 0 Å². The Morgan fingerprint density at radius 1 is 1.33 bits per heavy atom. The van der Waals surface area contributed by atoms with E-state index in [1.165, 1.54) is 12.1 Å². The van der Waals surface area contributed by atoms with E-state index in [1.54, 1.807) is 0 Å². The molecule has 0 aromatic heterocycles. The molecule has 7 heteroatoms. The minimum atomic E-state index is -4.40. The lowest BCUT2D eigenvalue weighted by Gasteiger charge is -2.34. The first-order chi connectivity index (χ1) is 9.83. The lowest BCUT2D eigenvalue weighted by atomic mass is 9.90. The van der Waals surface area contributed by atoms with Gasteiger partial charge in [-0.15, -0.1) is 0 Å². The summed E-state index contributed by atoms with van der Waals surface area (Å²) in [7, 11) is 0. The topological polar surface area (TPSA) is 58.6 Å². The third-order valence-electron chi connectivity index (χ3n) is 3.64. The summed E-state index contributed by atoms with van der Waals surface area (Å²) >= 11 is 0. The average Bonchev–Trinajstić information content (AvgIpc) is 2.45. The smallest absolute Gasteiger partial charge is 0.416 e. The van der Waals surface area contributed by atoms with Gasteiger partial charge in [-0.05, 0) is 24.5 Å². The largest absolute Gasteiger partial charge is 0.480 e. The summed E-state index contributed by atoms with van der Waals surface area (Å²) in [4.78, 5) is 11.4. The zero-order valence-corrected chi connectivity index (χ0v) is 11.2. The number of aliphatic carboxylic acids is 1. The Bertz CT molecular complexity index is 510. The van der Waals surface area contributed by atoms with Crippen LogP contribution in [-0.2, 0) is 22.3 Å². The Morgan fingerprint density at radius 3 is 2.57 bits per heavy atom. The minimum absolute atomic E-state index is 0.0657. The van der Waals surface area contributed by atoms with Crippen molar-refractivity contribution in [3.63, 3.8) is 0 Å². The molecule has 2 N–H and O–H groups in total. The number of hydrogen-bond donors (Lipinski definition) is 2. The second kappa shape index (κ2) is 6.03. The number of hydrogen-bond acceptors (Lipinski definition) is 3. The van der Waals surface area contributed by atoms with Gasteiger partial charge >= 0.3 is 12.1 Å². The van der Waals surface area contributed by atoms with Gasteiger partial charge in [0, 0.05) is 19.8 Å². The van der Waals surface area contributed by atoms with Crippen LogP contribution in [0.4, 0.5) is 13.2 Å². The summed E-state index contributed by atoms with van der Waals surface area (Å²) in [5, 5.41) is 12.2. The normalized spacial score (nSPS) is 18.4. The molecule has 0 atom stereocenters. The molecule has 0 amide bonds. The van der Waals surface area contributed by atoms with E-state index in [4.69, 9.17) is 4.74 Å². The second-order valence-electron chi connectivity index (χ2n) is 5.05. The number of nitrogens with one attached hydrogen (secondary N) is 1. The van der Waals surface area contributed by atoms with Gasteiger partial charge in [0.2, 0.25) is 0 Å². The first kappa shape index (κ1) is 15.8. The van der Waals surface area contributed by atoms with Crippen LogP contribution in [0.15, 0.2) is 24.3 Å². The van der Waals surface area contributed by atoms with Gasteiger partial charge < -0.3 is 9.84 Å². The predicted octanol–water partition coefficient (Wildman–Crippen LogP) is 2.43. The highest BCUT2D eigenvalue weighted by atomic mass is 19.4. The van der Waals surface area contributed by atoms with E-state index in [0.29, 0.717) is 31.6 Å². The van der Waals surface area contributed by atoms with Crippen molar-refractivity contribution in [1.29, 1.82) is 0 Å². The van der Waals surface area contributed by atoms with E-state index in [0.717, 1.165) is 12.1 Å². The van der Waals surface area contributed by atoms with Crippen molar-refractivity contribution in [2.75, 3.05) is 13.2 Å². The molecule has 1 aromatic carbocycles. The molecule has 0 spiro atoms. The highest BCUT2D eigenvalue weighted by molar-refractivity contribution is 5.78. The summed E-state index contributed by atoms with van der Waals surface area (Å²) in [6.07, 6.45) is -3.82. The molecule has 2 rings (SSSR count). The molecule has 1 aliphatic heterocycles. The molecule has 1 fully saturated rings. The number of alkyl halides is 3. The van der Waals surface area contributed by atoms with Crippen molar-refractivity contribution in [3.8, 4) is 0 Å². The summed E-state index contributed by atoms with van der Waals surface area (Å²) < 4.78 is 43.0. The van der Waals surface area contributed by atoms with Gasteiger partial charge in [0.25, 0.3) is 0 Å². The van der Waals surface area contributed by atoms with Crippen molar-refractivity contribution in [2.45, 2.75) is 31.1 Å². The fourth-order valence-electron chi connectivity index (χ4n) is 2.31. The Hall–Kier alpha value is -1.60. The molecule has 4 nitrogen and oxygen atoms in total. The van der Waals surface area contributed by atoms with E-state index in [1.807, 2.05) is 0 Å². The number of halogens is 3. The molecule has 0 bridgehead atoms. The number of carbonyl (C=O) groups is 1. The molecular formula is C14H16F3NO3. The van der Waals surface area contributed by atoms with Gasteiger partial charge in [0.15, 0.2) is 0 Å². The van der Waals surface area contributed by atoms with Crippen LogP contribution < -0.4 is 5.32 Å². The van der Waals surface area contributed by atoms with Crippen molar-refractivity contribution >= 4 is 5.97 Å². The lowest BCUT2D eigenvalue weighted by Crippen LogP contribution is -2.55. The Balaban J connectivity index is 2.09. The molecule has 0 radical (unpaired) electrons. The van der Waals surface area contributed by atoms with Crippen LogP contribution in [-0.4, -0.2) is 29.8 Å². The van der Waals surface area contributed by atoms with Gasteiger partial charge in [-0.25, -0.2) is 0 Å². The minimum Gasteiger partial charge on any atom is -0.480 e. The fourth-order valence-corrected chi connectivity index (χ4v) is 2.31. The van der Waals surface area contributed by atoms with E-state index < -0.39 is 23.2 Å². The van der Waals surface area contributed by atoms with Crippen LogP contribution >= 0.6 is 0 Å². The molecule has 1 aromatic rings. The zero-order chi connectivity index (χ0) is 15.5. The zero-order valence-electron chi connectivity index (χ0n) is 11.2. The van der Waals surface area contributed by atoms with E-state index in [-0.39, 0.29) is 6.54 Å². The van der Waals surface area contributed by atoms with Crippen LogP contribution in [0.25, 0.3) is 0 Å². The first-order valence-corrected chi connectivity index (χ1v) is 6.56. The average molecular weight is 303 g/mol. The number of rotatable bonds is 4. The van der Waals surface area contributed by atoms with E-state index in [2.05, 4.69) is 5.32 Å². The molecule has 0 unspecified atom stereocenters. The predicted molar refractivity (Wildman–Crippen MR) is 68.7 cm³/mol. The fraction of sp³-hybridized carbons (Fsp3) is 0.500. The van der Waals surface area contributed by atoms with Gasteiger partial charge in [-0.2, -0.15) is 13.2 Å². The number of carboxylic acid groups (broad SMARTS) is 1. The third-order valence-corrected chi connectivity index (χ3v) is 3.64. The van der Waals surface area contributed by atoms with Crippen molar-refractivity contribution in [1.82, 2.24) is 5.32 Å². The summed E-state index contributed by atoms with van der Waals surface area (Å²) in [5.41, 5.74) is -1.47. The van der Waals surface area contributed by atoms with Crippen LogP contribution in [0.2, 0.25) is 0 Å². The molecule has 0 aliphatic carbocycles. The maximum atomic E-state index is 12.6. The molecule has 1 heterocycles. The van der Waals surface area contributed by atoms with Gasteiger partial charge in [0.1, 0.15) is 5.54 Å². The third kappa shape index (κ3) is 3.74. The molecular weight excluding hydrogens is 287 g/mol. The summed E-state index contributed by atoms with van der Waals surface area (Å²) in [6.45, 7) is 0.708. The summed E-state index contributed by atoms with van der Waals surface area (Å²) in [6, 6.07) is 4.88. The van der Waals surface area contributed by atoms with Crippen LogP contribution in [0.3, 0.4) is 0 Å². The van der Waals surface area contributed by atoms with Crippen molar-refractivity contribution < 1.29 is 27.8 Å². The Labute approximate surface area is 119 Å². The monoisotopic (exact) mass is 303 g/mol. The standard InChI is InChI=1S/C14H16F3NO3/c15-14(16,17)11-3-1-2-10(8-11)9-18-13(12(19)20)4-6-21-7-5-13/h1-3,8,18H,4-7,9H2,(H,19,20). The second-order valence-corrected chi connectivity index (χ2v) is 5.05.